The summed E-state index contributed by atoms with van der Waals surface area (Å²) in [5.41, 5.74) is 2.47. The minimum atomic E-state index is 0.00793. The maximum atomic E-state index is 6.14. The van der Waals surface area contributed by atoms with Crippen LogP contribution in [0, 0.1) is 28.2 Å². The molecule has 3 rings (SSSR count). The first-order valence-corrected chi connectivity index (χ1v) is 9.49. The summed E-state index contributed by atoms with van der Waals surface area (Å²) in [6, 6.07) is 6.40. The molecule has 0 amide bonds. The SMILES string of the molecule is Cc1cccc(C2=N[C@@]3(CO2)C[C@H](C)CC[C@H]3C(C)C)c1I. The molecule has 1 saturated carbocycles. The fraction of sp³-hybridized carbons (Fsp3) is 0.632. The predicted molar refractivity (Wildman–Crippen MR) is 100 cm³/mol. The Labute approximate surface area is 147 Å². The number of benzene rings is 1. The van der Waals surface area contributed by atoms with E-state index in [-0.39, 0.29) is 5.54 Å². The second kappa shape index (κ2) is 6.14. The normalized spacial score (nSPS) is 31.5. The minimum absolute atomic E-state index is 0.00793. The molecule has 1 aromatic rings. The second-order valence-corrected chi connectivity index (χ2v) is 8.56. The highest BCUT2D eigenvalue weighted by atomic mass is 127. The molecule has 3 heteroatoms. The van der Waals surface area contributed by atoms with Gasteiger partial charge in [-0.25, -0.2) is 4.99 Å². The van der Waals surface area contributed by atoms with Crippen LogP contribution < -0.4 is 0 Å². The Morgan fingerprint density at radius 1 is 1.32 bits per heavy atom. The van der Waals surface area contributed by atoms with Gasteiger partial charge in [0, 0.05) is 9.13 Å². The van der Waals surface area contributed by atoms with Crippen LogP contribution in [0.25, 0.3) is 0 Å². The first-order valence-electron chi connectivity index (χ1n) is 8.41. The lowest BCUT2D eigenvalue weighted by atomic mass is 9.66. The second-order valence-electron chi connectivity index (χ2n) is 7.48. The molecule has 0 N–H and O–H groups in total. The lowest BCUT2D eigenvalue weighted by Gasteiger charge is -2.42. The van der Waals surface area contributed by atoms with Crippen LogP contribution in [0.4, 0.5) is 0 Å². The van der Waals surface area contributed by atoms with Gasteiger partial charge in [-0.15, -0.1) is 0 Å². The maximum absolute atomic E-state index is 6.14. The van der Waals surface area contributed by atoms with Crippen LogP contribution in [-0.4, -0.2) is 18.0 Å². The Morgan fingerprint density at radius 2 is 2.09 bits per heavy atom. The molecule has 1 spiro atoms. The molecular weight excluding hydrogens is 385 g/mol. The zero-order valence-corrected chi connectivity index (χ0v) is 16.2. The Morgan fingerprint density at radius 3 is 2.82 bits per heavy atom. The smallest absolute Gasteiger partial charge is 0.217 e. The highest BCUT2D eigenvalue weighted by Crippen LogP contribution is 2.46. The number of hydrogen-bond donors (Lipinski definition) is 0. The monoisotopic (exact) mass is 411 g/mol. The topological polar surface area (TPSA) is 21.6 Å². The van der Waals surface area contributed by atoms with Gasteiger partial charge in [0.25, 0.3) is 0 Å². The van der Waals surface area contributed by atoms with E-state index in [1.165, 1.54) is 34.0 Å². The van der Waals surface area contributed by atoms with E-state index >= 15 is 0 Å². The van der Waals surface area contributed by atoms with E-state index in [1.807, 2.05) is 0 Å². The number of halogens is 1. The summed E-state index contributed by atoms with van der Waals surface area (Å²) in [6.45, 7) is 9.95. The van der Waals surface area contributed by atoms with Crippen molar-refractivity contribution >= 4 is 28.5 Å². The summed E-state index contributed by atoms with van der Waals surface area (Å²) in [4.78, 5) is 5.19. The van der Waals surface area contributed by atoms with E-state index in [1.54, 1.807) is 0 Å². The average molecular weight is 411 g/mol. The summed E-state index contributed by atoms with van der Waals surface area (Å²) in [6.07, 6.45) is 3.78. The Balaban J connectivity index is 1.99. The van der Waals surface area contributed by atoms with Gasteiger partial charge in [-0.05, 0) is 71.7 Å². The van der Waals surface area contributed by atoms with Gasteiger partial charge in [-0.3, -0.25) is 0 Å². The largest absolute Gasteiger partial charge is 0.475 e. The number of ether oxygens (including phenoxy) is 1. The Bertz CT molecular complexity index is 595. The molecule has 120 valence electrons. The van der Waals surface area contributed by atoms with Crippen molar-refractivity contribution in [2.24, 2.45) is 22.7 Å². The van der Waals surface area contributed by atoms with Gasteiger partial charge in [-0.1, -0.05) is 39.3 Å². The molecule has 0 unspecified atom stereocenters. The van der Waals surface area contributed by atoms with E-state index in [0.29, 0.717) is 11.8 Å². The van der Waals surface area contributed by atoms with E-state index in [2.05, 4.69) is 68.5 Å². The molecule has 22 heavy (non-hydrogen) atoms. The quantitative estimate of drug-likeness (QED) is 0.613. The van der Waals surface area contributed by atoms with Crippen LogP contribution in [0.2, 0.25) is 0 Å². The summed E-state index contributed by atoms with van der Waals surface area (Å²) >= 11 is 2.42. The molecule has 1 aliphatic carbocycles. The van der Waals surface area contributed by atoms with Crippen LogP contribution in [0.1, 0.15) is 51.2 Å². The van der Waals surface area contributed by atoms with Crippen molar-refractivity contribution in [3.8, 4) is 0 Å². The average Bonchev–Trinajstić information content (AvgIpc) is 2.85. The van der Waals surface area contributed by atoms with Crippen LogP contribution >= 0.6 is 22.6 Å². The Kier molecular flexibility index (Phi) is 4.54. The third kappa shape index (κ3) is 2.81. The third-order valence-corrected chi connectivity index (χ3v) is 6.80. The Hall–Kier alpha value is -0.580. The lowest BCUT2D eigenvalue weighted by molar-refractivity contribution is 0.0835. The fourth-order valence-corrected chi connectivity index (χ4v) is 4.84. The minimum Gasteiger partial charge on any atom is -0.475 e. The van der Waals surface area contributed by atoms with Gasteiger partial charge in [0.15, 0.2) is 0 Å². The number of hydrogen-bond acceptors (Lipinski definition) is 2. The van der Waals surface area contributed by atoms with Crippen LogP contribution in [0.3, 0.4) is 0 Å². The molecule has 1 heterocycles. The first-order chi connectivity index (χ1) is 10.4. The van der Waals surface area contributed by atoms with E-state index in [0.717, 1.165) is 18.4 Å². The summed E-state index contributed by atoms with van der Waals surface area (Å²) in [5.74, 6) is 2.92. The summed E-state index contributed by atoms with van der Waals surface area (Å²) in [5, 5.41) is 0. The zero-order valence-electron chi connectivity index (χ0n) is 14.0. The number of aryl methyl sites for hydroxylation is 1. The highest BCUT2D eigenvalue weighted by Gasteiger charge is 2.48. The molecule has 0 bridgehead atoms. The van der Waals surface area contributed by atoms with Crippen LogP contribution in [0.5, 0.6) is 0 Å². The van der Waals surface area contributed by atoms with Crippen LogP contribution in [-0.2, 0) is 4.74 Å². The summed E-state index contributed by atoms with van der Waals surface area (Å²) in [7, 11) is 0. The van der Waals surface area contributed by atoms with Gasteiger partial charge in [0.1, 0.15) is 12.1 Å². The molecule has 2 aliphatic rings. The van der Waals surface area contributed by atoms with Gasteiger partial charge in [0.05, 0.1) is 0 Å². The van der Waals surface area contributed by atoms with Crippen molar-refractivity contribution in [1.29, 1.82) is 0 Å². The number of nitrogens with zero attached hydrogens (tertiary/aromatic N) is 1. The fourth-order valence-electron chi connectivity index (χ4n) is 4.25. The first kappa shape index (κ1) is 16.3. The van der Waals surface area contributed by atoms with E-state index in [9.17, 15) is 0 Å². The van der Waals surface area contributed by atoms with Crippen molar-refractivity contribution in [1.82, 2.24) is 0 Å². The van der Waals surface area contributed by atoms with E-state index in [4.69, 9.17) is 9.73 Å². The van der Waals surface area contributed by atoms with Gasteiger partial charge in [0.2, 0.25) is 5.90 Å². The standard InChI is InChI=1S/C19H26INO/c1-12(2)16-9-8-13(3)10-19(16)11-22-18(21-19)15-7-5-6-14(4)17(15)20/h5-7,12-13,16H,8-11H2,1-4H3/t13-,16+,19-/m1/s1. The van der Waals surface area contributed by atoms with Crippen molar-refractivity contribution in [2.75, 3.05) is 6.61 Å². The maximum Gasteiger partial charge on any atom is 0.217 e. The molecule has 1 aromatic carbocycles. The van der Waals surface area contributed by atoms with Gasteiger partial charge >= 0.3 is 0 Å². The number of aliphatic imine (C=N–C) groups is 1. The van der Waals surface area contributed by atoms with Crippen molar-refractivity contribution in [3.63, 3.8) is 0 Å². The molecule has 0 saturated heterocycles. The zero-order chi connectivity index (χ0) is 15.9. The number of rotatable bonds is 2. The highest BCUT2D eigenvalue weighted by molar-refractivity contribution is 14.1. The van der Waals surface area contributed by atoms with Crippen molar-refractivity contribution in [3.05, 3.63) is 32.9 Å². The van der Waals surface area contributed by atoms with Gasteiger partial charge < -0.3 is 4.74 Å². The molecule has 0 aromatic heterocycles. The van der Waals surface area contributed by atoms with Crippen molar-refractivity contribution < 1.29 is 4.74 Å². The lowest BCUT2D eigenvalue weighted by Crippen LogP contribution is -2.45. The third-order valence-electron chi connectivity index (χ3n) is 5.37. The molecule has 3 atom stereocenters. The molecule has 1 fully saturated rings. The summed E-state index contributed by atoms with van der Waals surface area (Å²) < 4.78 is 7.41. The van der Waals surface area contributed by atoms with Crippen molar-refractivity contribution in [2.45, 2.75) is 52.5 Å². The van der Waals surface area contributed by atoms with Crippen LogP contribution in [0.15, 0.2) is 23.2 Å². The predicted octanol–water partition coefficient (Wildman–Crippen LogP) is 5.21. The molecule has 2 nitrogen and oxygen atoms in total. The molecule has 1 aliphatic heterocycles. The molecular formula is C19H26INO. The van der Waals surface area contributed by atoms with E-state index < -0.39 is 0 Å². The van der Waals surface area contributed by atoms with Gasteiger partial charge in [-0.2, -0.15) is 0 Å². The molecule has 0 radical (unpaired) electrons.